The number of aryl methyl sites for hydroxylation is 2. The summed E-state index contributed by atoms with van der Waals surface area (Å²) in [7, 11) is 0. The molecule has 1 aliphatic heterocycles. The lowest BCUT2D eigenvalue weighted by Crippen LogP contribution is -2.44. The lowest BCUT2D eigenvalue weighted by molar-refractivity contribution is 0.0883. The number of urea groups is 1. The number of oxazole rings is 1. The second-order valence-corrected chi connectivity index (χ2v) is 5.91. The van der Waals surface area contributed by atoms with Gasteiger partial charge in [0.2, 0.25) is 5.89 Å². The average molecular weight is 315 g/mol. The number of β-amino-alcohol motifs (C(OH)–C–C–N with tert-alkyl or cyclic N) is 1. The number of amides is 2. The molecule has 0 aliphatic carbocycles. The van der Waals surface area contributed by atoms with Crippen molar-refractivity contribution in [1.82, 2.24) is 9.88 Å². The molecule has 1 aromatic carbocycles. The van der Waals surface area contributed by atoms with E-state index in [0.717, 1.165) is 29.9 Å². The molecule has 2 aromatic rings. The second kappa shape index (κ2) is 6.42. The molecule has 0 radical (unpaired) electrons. The predicted molar refractivity (Wildman–Crippen MR) is 87.2 cm³/mol. The fraction of sp³-hybridized carbons (Fsp3) is 0.412. The minimum Gasteiger partial charge on any atom is -0.441 e. The van der Waals surface area contributed by atoms with E-state index >= 15 is 0 Å². The molecule has 2 N–H and O–H groups in total. The standard InChI is InChI=1S/C17H21N3O3/c1-11-12(2)23-16(18-11)13-5-3-6-14(9-13)19-17(22)20-8-4-7-15(21)10-20/h3,5-6,9,15,21H,4,7-8,10H2,1-2H3,(H,19,22)/t15-/m0/s1. The van der Waals surface area contributed by atoms with Crippen molar-refractivity contribution in [1.29, 1.82) is 0 Å². The van der Waals surface area contributed by atoms with Gasteiger partial charge >= 0.3 is 6.03 Å². The Balaban J connectivity index is 1.73. The van der Waals surface area contributed by atoms with E-state index in [1.54, 1.807) is 4.90 Å². The molecule has 1 fully saturated rings. The van der Waals surface area contributed by atoms with Crippen LogP contribution in [0.15, 0.2) is 28.7 Å². The third kappa shape index (κ3) is 3.53. The molecule has 23 heavy (non-hydrogen) atoms. The minimum atomic E-state index is -0.431. The summed E-state index contributed by atoms with van der Waals surface area (Å²) in [5, 5.41) is 12.5. The van der Waals surface area contributed by atoms with Crippen molar-refractivity contribution in [2.24, 2.45) is 0 Å². The van der Waals surface area contributed by atoms with Crippen molar-refractivity contribution < 1.29 is 14.3 Å². The summed E-state index contributed by atoms with van der Waals surface area (Å²) >= 11 is 0. The number of benzene rings is 1. The number of hydrogen-bond donors (Lipinski definition) is 2. The third-order valence-electron chi connectivity index (χ3n) is 4.07. The maximum absolute atomic E-state index is 12.3. The van der Waals surface area contributed by atoms with Crippen molar-refractivity contribution in [3.8, 4) is 11.5 Å². The number of anilines is 1. The average Bonchev–Trinajstić information content (AvgIpc) is 2.87. The molecule has 1 aromatic heterocycles. The molecular weight excluding hydrogens is 294 g/mol. The fourth-order valence-corrected chi connectivity index (χ4v) is 2.67. The van der Waals surface area contributed by atoms with Gasteiger partial charge in [0.05, 0.1) is 11.8 Å². The smallest absolute Gasteiger partial charge is 0.321 e. The van der Waals surface area contributed by atoms with Crippen LogP contribution < -0.4 is 5.32 Å². The monoisotopic (exact) mass is 315 g/mol. The van der Waals surface area contributed by atoms with E-state index in [1.165, 1.54) is 0 Å². The van der Waals surface area contributed by atoms with E-state index < -0.39 is 6.10 Å². The zero-order valence-electron chi connectivity index (χ0n) is 13.4. The molecule has 1 atom stereocenters. The first kappa shape index (κ1) is 15.6. The number of aromatic nitrogens is 1. The number of piperidine rings is 1. The predicted octanol–water partition coefficient (Wildman–Crippen LogP) is 2.95. The molecule has 1 saturated heterocycles. The van der Waals surface area contributed by atoms with E-state index in [2.05, 4.69) is 10.3 Å². The fourth-order valence-electron chi connectivity index (χ4n) is 2.67. The first-order valence-corrected chi connectivity index (χ1v) is 7.81. The number of nitrogens with zero attached hydrogens (tertiary/aromatic N) is 2. The van der Waals surface area contributed by atoms with Gasteiger partial charge in [-0.3, -0.25) is 0 Å². The van der Waals surface area contributed by atoms with Crippen molar-refractivity contribution in [2.75, 3.05) is 18.4 Å². The Morgan fingerprint density at radius 1 is 1.43 bits per heavy atom. The molecular formula is C17H21N3O3. The molecule has 2 heterocycles. The Hall–Kier alpha value is -2.34. The summed E-state index contributed by atoms with van der Waals surface area (Å²) in [5.74, 6) is 1.33. The summed E-state index contributed by atoms with van der Waals surface area (Å²) in [5.41, 5.74) is 2.36. The largest absolute Gasteiger partial charge is 0.441 e. The number of rotatable bonds is 2. The number of aliphatic hydroxyl groups is 1. The van der Waals surface area contributed by atoms with Crippen LogP contribution in [0.5, 0.6) is 0 Å². The molecule has 1 aliphatic rings. The molecule has 0 bridgehead atoms. The minimum absolute atomic E-state index is 0.194. The van der Waals surface area contributed by atoms with Gasteiger partial charge in [-0.05, 0) is 44.9 Å². The molecule has 122 valence electrons. The van der Waals surface area contributed by atoms with Crippen LogP contribution in [0.3, 0.4) is 0 Å². The van der Waals surface area contributed by atoms with Crippen LogP contribution in [0.4, 0.5) is 10.5 Å². The normalized spacial score (nSPS) is 18.0. The highest BCUT2D eigenvalue weighted by atomic mass is 16.4. The maximum Gasteiger partial charge on any atom is 0.321 e. The molecule has 3 rings (SSSR count). The van der Waals surface area contributed by atoms with E-state index in [4.69, 9.17) is 4.42 Å². The number of likely N-dealkylation sites (tertiary alicyclic amines) is 1. The van der Waals surface area contributed by atoms with Gasteiger partial charge in [-0.2, -0.15) is 0 Å². The Bertz CT molecular complexity index is 691. The first-order valence-electron chi connectivity index (χ1n) is 7.81. The first-order chi connectivity index (χ1) is 11.0. The molecule has 6 heteroatoms. The zero-order chi connectivity index (χ0) is 16.4. The highest BCUT2D eigenvalue weighted by Crippen LogP contribution is 2.24. The SMILES string of the molecule is Cc1nc(-c2cccc(NC(=O)N3CCC[C@H](O)C3)c2)oc1C. The summed E-state index contributed by atoms with van der Waals surface area (Å²) < 4.78 is 5.62. The van der Waals surface area contributed by atoms with Crippen LogP contribution in [0.2, 0.25) is 0 Å². The lowest BCUT2D eigenvalue weighted by atomic mass is 10.1. The Kier molecular flexibility index (Phi) is 4.34. The van der Waals surface area contributed by atoms with Gasteiger partial charge < -0.3 is 19.7 Å². The molecule has 6 nitrogen and oxygen atoms in total. The van der Waals surface area contributed by atoms with Crippen LogP contribution in [0.25, 0.3) is 11.5 Å². The lowest BCUT2D eigenvalue weighted by Gasteiger charge is -2.30. The van der Waals surface area contributed by atoms with Crippen LogP contribution in [0, 0.1) is 13.8 Å². The number of carbonyl (C=O) groups excluding carboxylic acids is 1. The number of nitrogens with one attached hydrogen (secondary N) is 1. The number of carbonyl (C=O) groups is 1. The van der Waals surface area contributed by atoms with Gasteiger partial charge in [0.15, 0.2) is 0 Å². The third-order valence-corrected chi connectivity index (χ3v) is 4.07. The highest BCUT2D eigenvalue weighted by Gasteiger charge is 2.22. The molecule has 0 unspecified atom stereocenters. The van der Waals surface area contributed by atoms with E-state index in [0.29, 0.717) is 24.7 Å². The van der Waals surface area contributed by atoms with Crippen molar-refractivity contribution in [3.63, 3.8) is 0 Å². The Labute approximate surface area is 135 Å². The Morgan fingerprint density at radius 2 is 2.26 bits per heavy atom. The quantitative estimate of drug-likeness (QED) is 0.893. The van der Waals surface area contributed by atoms with Gasteiger partial charge in [-0.1, -0.05) is 6.07 Å². The summed E-state index contributed by atoms with van der Waals surface area (Å²) in [6, 6.07) is 7.21. The summed E-state index contributed by atoms with van der Waals surface area (Å²) in [6.45, 7) is 4.82. The van der Waals surface area contributed by atoms with Gasteiger partial charge in [0.25, 0.3) is 0 Å². The van der Waals surface area contributed by atoms with Crippen molar-refractivity contribution in [2.45, 2.75) is 32.8 Å². The number of hydrogen-bond acceptors (Lipinski definition) is 4. The summed E-state index contributed by atoms with van der Waals surface area (Å²) in [4.78, 5) is 18.3. The van der Waals surface area contributed by atoms with Gasteiger partial charge in [0, 0.05) is 24.3 Å². The van der Waals surface area contributed by atoms with Crippen molar-refractivity contribution in [3.05, 3.63) is 35.7 Å². The maximum atomic E-state index is 12.3. The van der Waals surface area contributed by atoms with Gasteiger partial charge in [-0.15, -0.1) is 0 Å². The highest BCUT2D eigenvalue weighted by molar-refractivity contribution is 5.90. The molecule has 0 spiro atoms. The van der Waals surface area contributed by atoms with Crippen molar-refractivity contribution >= 4 is 11.7 Å². The molecule has 2 amide bonds. The van der Waals surface area contributed by atoms with Crippen LogP contribution in [0.1, 0.15) is 24.3 Å². The Morgan fingerprint density at radius 3 is 2.96 bits per heavy atom. The van der Waals surface area contributed by atoms with E-state index in [-0.39, 0.29) is 6.03 Å². The van der Waals surface area contributed by atoms with Crippen LogP contribution in [-0.2, 0) is 0 Å². The topological polar surface area (TPSA) is 78.6 Å². The van der Waals surface area contributed by atoms with Crippen LogP contribution in [-0.4, -0.2) is 40.2 Å². The zero-order valence-corrected chi connectivity index (χ0v) is 13.4. The van der Waals surface area contributed by atoms with E-state index in [9.17, 15) is 9.90 Å². The second-order valence-electron chi connectivity index (χ2n) is 5.91. The van der Waals surface area contributed by atoms with Crippen LogP contribution >= 0.6 is 0 Å². The number of aliphatic hydroxyl groups excluding tert-OH is 1. The van der Waals surface area contributed by atoms with E-state index in [1.807, 2.05) is 38.1 Å². The van der Waals surface area contributed by atoms with Gasteiger partial charge in [-0.25, -0.2) is 9.78 Å². The summed E-state index contributed by atoms with van der Waals surface area (Å²) in [6.07, 6.45) is 1.14. The molecule has 0 saturated carbocycles. The van der Waals surface area contributed by atoms with Gasteiger partial charge in [0.1, 0.15) is 5.76 Å².